The van der Waals surface area contributed by atoms with Gasteiger partial charge in [-0.05, 0) is 44.2 Å². The van der Waals surface area contributed by atoms with Crippen LogP contribution in [0.25, 0.3) is 0 Å². The number of rotatable bonds is 9. The van der Waals surface area contributed by atoms with E-state index >= 15 is 0 Å². The molecule has 0 aromatic heterocycles. The Kier molecular flexibility index (Phi) is 10.2. The van der Waals surface area contributed by atoms with Crippen LogP contribution in [0, 0.1) is 0 Å². The first-order valence-corrected chi connectivity index (χ1v) is 9.20. The minimum Gasteiger partial charge on any atom is -0.482 e. The number of hydrogen-bond acceptors (Lipinski definition) is 4. The van der Waals surface area contributed by atoms with E-state index in [1.54, 1.807) is 23.1 Å². The smallest absolute Gasteiger partial charge is 0.260 e. The maximum Gasteiger partial charge on any atom is 0.260 e. The van der Waals surface area contributed by atoms with E-state index in [4.69, 9.17) is 16.3 Å². The molecular weight excluding hydrogens is 401 g/mol. The van der Waals surface area contributed by atoms with Crippen LogP contribution in [0.2, 0.25) is 5.02 Å². The molecule has 2 rings (SSSR count). The number of ether oxygens (including phenoxy) is 1. The molecule has 0 spiro atoms. The van der Waals surface area contributed by atoms with Crippen LogP contribution in [0.5, 0.6) is 5.75 Å². The molecule has 0 heterocycles. The van der Waals surface area contributed by atoms with E-state index in [9.17, 15) is 9.59 Å². The average Bonchev–Trinajstić information content (AvgIpc) is 2.67. The largest absolute Gasteiger partial charge is 0.482 e. The van der Waals surface area contributed by atoms with Crippen LogP contribution in [-0.2, 0) is 9.59 Å². The molecule has 0 unspecified atom stereocenters. The van der Waals surface area contributed by atoms with Gasteiger partial charge in [0.15, 0.2) is 6.61 Å². The van der Waals surface area contributed by atoms with Crippen molar-refractivity contribution in [3.63, 3.8) is 0 Å². The second-order valence-electron chi connectivity index (χ2n) is 5.77. The fourth-order valence-electron chi connectivity index (χ4n) is 2.45. The van der Waals surface area contributed by atoms with Crippen molar-refractivity contribution in [1.29, 1.82) is 0 Å². The van der Waals surface area contributed by atoms with Gasteiger partial charge in [-0.1, -0.05) is 29.8 Å². The summed E-state index contributed by atoms with van der Waals surface area (Å²) in [4.78, 5) is 25.7. The fraction of sp³-hybridized carbons (Fsp3) is 0.300. The molecule has 6 nitrogen and oxygen atoms in total. The van der Waals surface area contributed by atoms with Gasteiger partial charge in [0, 0.05) is 24.5 Å². The number of anilines is 2. The van der Waals surface area contributed by atoms with E-state index in [0.29, 0.717) is 29.5 Å². The number of carbonyl (C=O) groups excluding carboxylic acids is 2. The number of halogens is 2. The lowest BCUT2D eigenvalue weighted by molar-refractivity contribution is -0.133. The highest BCUT2D eigenvalue weighted by molar-refractivity contribution is 6.32. The molecule has 8 heteroatoms. The number of nitrogens with one attached hydrogen (secondary N) is 2. The zero-order valence-electron chi connectivity index (χ0n) is 15.9. The molecule has 0 aliphatic heterocycles. The maximum absolute atomic E-state index is 12.0. The Hall–Kier alpha value is -2.44. The summed E-state index contributed by atoms with van der Waals surface area (Å²) in [6.45, 7) is 5.16. The summed E-state index contributed by atoms with van der Waals surface area (Å²) < 4.78 is 5.50. The van der Waals surface area contributed by atoms with Gasteiger partial charge >= 0.3 is 0 Å². The molecule has 2 aromatic carbocycles. The van der Waals surface area contributed by atoms with Gasteiger partial charge in [0.1, 0.15) is 5.75 Å². The molecule has 0 bridgehead atoms. The number of likely N-dealkylation sites (N-methyl/N-ethyl adjacent to an activating group) is 1. The molecular formula is C20H25Cl2N3O3. The Bertz CT molecular complexity index is 769. The van der Waals surface area contributed by atoms with E-state index in [-0.39, 0.29) is 37.4 Å². The first-order chi connectivity index (χ1) is 13.0. The van der Waals surface area contributed by atoms with E-state index in [2.05, 4.69) is 10.6 Å². The van der Waals surface area contributed by atoms with Crippen LogP contribution >= 0.6 is 24.0 Å². The summed E-state index contributed by atoms with van der Waals surface area (Å²) in [5.74, 6) is 0.110. The second kappa shape index (κ2) is 12.1. The van der Waals surface area contributed by atoms with Crippen LogP contribution in [-0.4, -0.2) is 43.0 Å². The normalized spacial score (nSPS) is 9.82. The van der Waals surface area contributed by atoms with Crippen molar-refractivity contribution in [3.8, 4) is 5.75 Å². The summed E-state index contributed by atoms with van der Waals surface area (Å²) in [7, 11) is 0. The molecule has 2 aromatic rings. The zero-order valence-corrected chi connectivity index (χ0v) is 17.5. The third kappa shape index (κ3) is 7.29. The van der Waals surface area contributed by atoms with Crippen molar-refractivity contribution in [3.05, 3.63) is 53.6 Å². The van der Waals surface area contributed by atoms with Crippen LogP contribution in [0.3, 0.4) is 0 Å². The predicted molar refractivity (Wildman–Crippen MR) is 116 cm³/mol. The fourth-order valence-corrected chi connectivity index (χ4v) is 2.68. The Morgan fingerprint density at radius 2 is 1.71 bits per heavy atom. The Labute approximate surface area is 176 Å². The SMILES string of the molecule is CCN(CC)C(=O)COc1ccc(NC(=O)CNc2ccccc2)cc1Cl.Cl. The third-order valence-electron chi connectivity index (χ3n) is 3.91. The summed E-state index contributed by atoms with van der Waals surface area (Å²) in [5, 5.41) is 6.13. The number of hydrogen-bond donors (Lipinski definition) is 2. The second-order valence-corrected chi connectivity index (χ2v) is 6.17. The highest BCUT2D eigenvalue weighted by Gasteiger charge is 2.12. The third-order valence-corrected chi connectivity index (χ3v) is 4.21. The summed E-state index contributed by atoms with van der Waals surface area (Å²) in [5.41, 5.74) is 1.43. The van der Waals surface area contributed by atoms with Gasteiger partial charge in [0.25, 0.3) is 5.91 Å². The zero-order chi connectivity index (χ0) is 19.6. The number of para-hydroxylation sites is 1. The van der Waals surface area contributed by atoms with Crippen molar-refractivity contribution in [1.82, 2.24) is 4.90 Å². The number of carbonyl (C=O) groups is 2. The highest BCUT2D eigenvalue weighted by atomic mass is 35.5. The van der Waals surface area contributed by atoms with Crippen LogP contribution in [0.15, 0.2) is 48.5 Å². The predicted octanol–water partition coefficient (Wildman–Crippen LogP) is 4.06. The van der Waals surface area contributed by atoms with Gasteiger partial charge in [-0.2, -0.15) is 0 Å². The summed E-state index contributed by atoms with van der Waals surface area (Å²) in [6.07, 6.45) is 0. The Balaban J connectivity index is 0.00000392. The molecule has 152 valence electrons. The molecule has 2 N–H and O–H groups in total. The van der Waals surface area contributed by atoms with Crippen LogP contribution < -0.4 is 15.4 Å². The highest BCUT2D eigenvalue weighted by Crippen LogP contribution is 2.27. The Morgan fingerprint density at radius 1 is 1.04 bits per heavy atom. The van der Waals surface area contributed by atoms with Crippen LogP contribution in [0.4, 0.5) is 11.4 Å². The number of amides is 2. The van der Waals surface area contributed by atoms with E-state index < -0.39 is 0 Å². The lowest BCUT2D eigenvalue weighted by Gasteiger charge is -2.19. The van der Waals surface area contributed by atoms with Crippen molar-refractivity contribution < 1.29 is 14.3 Å². The quantitative estimate of drug-likeness (QED) is 0.635. The lowest BCUT2D eigenvalue weighted by Crippen LogP contribution is -2.34. The van der Waals surface area contributed by atoms with Crippen molar-refractivity contribution in [2.75, 3.05) is 36.9 Å². The minimum atomic E-state index is -0.194. The van der Waals surface area contributed by atoms with Gasteiger partial charge in [0.2, 0.25) is 5.91 Å². The van der Waals surface area contributed by atoms with Gasteiger partial charge < -0.3 is 20.3 Å². The van der Waals surface area contributed by atoms with E-state index in [1.807, 2.05) is 44.2 Å². The average molecular weight is 426 g/mol. The Morgan fingerprint density at radius 3 is 2.32 bits per heavy atom. The molecule has 0 aliphatic carbocycles. The minimum absolute atomic E-state index is 0. The standard InChI is InChI=1S/C20H24ClN3O3.ClH/c1-3-24(4-2)20(26)14-27-18-11-10-16(12-17(18)21)23-19(25)13-22-15-8-6-5-7-9-15;/h5-12,22H,3-4,13-14H2,1-2H3,(H,23,25);1H. The number of nitrogens with zero attached hydrogens (tertiary/aromatic N) is 1. The molecule has 0 radical (unpaired) electrons. The molecule has 28 heavy (non-hydrogen) atoms. The first-order valence-electron chi connectivity index (χ1n) is 8.82. The molecule has 0 saturated carbocycles. The molecule has 0 aliphatic rings. The van der Waals surface area contributed by atoms with E-state index in [1.165, 1.54) is 0 Å². The van der Waals surface area contributed by atoms with Gasteiger partial charge in [-0.25, -0.2) is 0 Å². The van der Waals surface area contributed by atoms with Crippen molar-refractivity contribution in [2.24, 2.45) is 0 Å². The van der Waals surface area contributed by atoms with Gasteiger partial charge in [-0.15, -0.1) is 12.4 Å². The maximum atomic E-state index is 12.0. The van der Waals surface area contributed by atoms with Gasteiger partial charge in [-0.3, -0.25) is 9.59 Å². The molecule has 2 amide bonds. The van der Waals surface area contributed by atoms with Gasteiger partial charge in [0.05, 0.1) is 11.6 Å². The van der Waals surface area contributed by atoms with Crippen molar-refractivity contribution in [2.45, 2.75) is 13.8 Å². The van der Waals surface area contributed by atoms with Crippen LogP contribution in [0.1, 0.15) is 13.8 Å². The molecule has 0 atom stereocenters. The topological polar surface area (TPSA) is 70.7 Å². The summed E-state index contributed by atoms with van der Waals surface area (Å²) >= 11 is 6.20. The summed E-state index contributed by atoms with van der Waals surface area (Å²) in [6, 6.07) is 14.4. The first kappa shape index (κ1) is 23.6. The monoisotopic (exact) mass is 425 g/mol. The number of benzene rings is 2. The molecule has 0 fully saturated rings. The van der Waals surface area contributed by atoms with E-state index in [0.717, 1.165) is 5.69 Å². The lowest BCUT2D eigenvalue weighted by atomic mass is 10.3. The molecule has 0 saturated heterocycles. The van der Waals surface area contributed by atoms with Crippen molar-refractivity contribution >= 4 is 47.2 Å².